The molecule has 0 amide bonds. The van der Waals surface area contributed by atoms with Crippen LogP contribution in [0.3, 0.4) is 0 Å². The highest BCUT2D eigenvalue weighted by Gasteiger charge is 2.24. The Morgan fingerprint density at radius 2 is 0.767 bits per heavy atom. The molecule has 43 heavy (non-hydrogen) atoms. The van der Waals surface area contributed by atoms with Crippen molar-refractivity contribution in [3.8, 4) is 11.5 Å². The summed E-state index contributed by atoms with van der Waals surface area (Å²) < 4.78 is 0. The highest BCUT2D eigenvalue weighted by atomic mass is 32.2. The monoisotopic (exact) mass is 610 g/mol. The van der Waals surface area contributed by atoms with E-state index in [1.807, 2.05) is 23.9 Å². The Balaban J connectivity index is 2.28. The molecule has 0 saturated carbocycles. The fourth-order valence-electron chi connectivity index (χ4n) is 6.02. The molecule has 3 heteroatoms. The van der Waals surface area contributed by atoms with Gasteiger partial charge in [-0.2, -0.15) is 0 Å². The molecular formula is C40H66O2S. The van der Waals surface area contributed by atoms with Crippen molar-refractivity contribution in [2.75, 3.05) is 0 Å². The van der Waals surface area contributed by atoms with Gasteiger partial charge >= 0.3 is 0 Å². The minimum absolute atomic E-state index is 0.137. The van der Waals surface area contributed by atoms with Gasteiger partial charge in [0.25, 0.3) is 0 Å². The van der Waals surface area contributed by atoms with E-state index in [4.69, 9.17) is 0 Å². The molecule has 0 aromatic heterocycles. The lowest BCUT2D eigenvalue weighted by molar-refractivity contribution is 0.444. The Morgan fingerprint density at radius 3 is 1.07 bits per heavy atom. The Morgan fingerprint density at radius 1 is 0.465 bits per heavy atom. The lowest BCUT2D eigenvalue weighted by Crippen LogP contribution is -2.13. The van der Waals surface area contributed by atoms with Crippen molar-refractivity contribution < 1.29 is 10.2 Å². The van der Waals surface area contributed by atoms with Crippen molar-refractivity contribution in [3.05, 3.63) is 46.5 Å². The van der Waals surface area contributed by atoms with Crippen LogP contribution in [0.15, 0.2) is 34.1 Å². The van der Waals surface area contributed by atoms with E-state index in [9.17, 15) is 10.2 Å². The zero-order valence-electron chi connectivity index (χ0n) is 29.3. The highest BCUT2D eigenvalue weighted by Crippen LogP contribution is 2.43. The minimum atomic E-state index is -0.137. The van der Waals surface area contributed by atoms with Gasteiger partial charge < -0.3 is 10.2 Å². The van der Waals surface area contributed by atoms with Gasteiger partial charge in [-0.3, -0.25) is 0 Å². The third-order valence-electron chi connectivity index (χ3n) is 8.79. The summed E-state index contributed by atoms with van der Waals surface area (Å²) in [5, 5.41) is 22.1. The van der Waals surface area contributed by atoms with Gasteiger partial charge in [0.15, 0.2) is 0 Å². The topological polar surface area (TPSA) is 40.5 Å². The molecule has 0 aliphatic carbocycles. The van der Waals surface area contributed by atoms with Crippen LogP contribution in [0.2, 0.25) is 0 Å². The van der Waals surface area contributed by atoms with Crippen LogP contribution in [0, 0.1) is 0 Å². The molecular weight excluding hydrogens is 545 g/mol. The maximum atomic E-state index is 11.1. The van der Waals surface area contributed by atoms with Crippen LogP contribution in [0.4, 0.5) is 0 Å². The number of benzene rings is 2. The number of aromatic hydroxyl groups is 2. The standard InChI is InChI=1S/C40H66O2S/c1-9-11-13-15-17-19-21-23-25-31-27-35(41)33(39(3,4)5)29-37(31)43-38-30-34(40(6,7)8)36(42)28-32(38)26-24-22-20-18-16-14-12-10-2/h27-30,41-42H,9-26H2,1-8H3. The van der Waals surface area contributed by atoms with Crippen molar-refractivity contribution in [3.63, 3.8) is 0 Å². The minimum Gasteiger partial charge on any atom is -0.508 e. The van der Waals surface area contributed by atoms with Crippen molar-refractivity contribution >= 4 is 11.8 Å². The quantitative estimate of drug-likeness (QED) is 0.147. The van der Waals surface area contributed by atoms with E-state index in [1.54, 1.807) is 0 Å². The predicted octanol–water partition coefficient (Wildman–Crippen LogP) is 13.2. The van der Waals surface area contributed by atoms with E-state index >= 15 is 0 Å². The lowest BCUT2D eigenvalue weighted by atomic mass is 9.85. The smallest absolute Gasteiger partial charge is 0.119 e. The average molecular weight is 611 g/mol. The van der Waals surface area contributed by atoms with Crippen LogP contribution in [-0.2, 0) is 23.7 Å². The molecule has 2 aromatic rings. The second kappa shape index (κ2) is 19.0. The summed E-state index contributed by atoms with van der Waals surface area (Å²) in [5.74, 6) is 0.846. The van der Waals surface area contributed by atoms with Crippen LogP contribution in [0.1, 0.15) is 180 Å². The summed E-state index contributed by atoms with van der Waals surface area (Å²) in [6.45, 7) is 17.6. The van der Waals surface area contributed by atoms with Gasteiger partial charge in [-0.15, -0.1) is 0 Å². The molecule has 244 valence electrons. The van der Waals surface area contributed by atoms with Crippen molar-refractivity contribution in [2.24, 2.45) is 0 Å². The third kappa shape index (κ3) is 13.5. The Bertz CT molecular complexity index is 988. The van der Waals surface area contributed by atoms with Crippen LogP contribution >= 0.6 is 11.8 Å². The molecule has 2 aromatic carbocycles. The van der Waals surface area contributed by atoms with E-state index in [0.29, 0.717) is 11.5 Å². The Kier molecular flexibility index (Phi) is 16.6. The lowest BCUT2D eigenvalue weighted by Gasteiger charge is -2.25. The fourth-order valence-corrected chi connectivity index (χ4v) is 7.20. The van der Waals surface area contributed by atoms with Crippen molar-refractivity contribution in [1.82, 2.24) is 0 Å². The zero-order chi connectivity index (χ0) is 31.9. The third-order valence-corrected chi connectivity index (χ3v) is 9.99. The van der Waals surface area contributed by atoms with E-state index in [-0.39, 0.29) is 10.8 Å². The number of hydrogen-bond donors (Lipinski definition) is 2. The second-order valence-corrected chi connectivity index (χ2v) is 16.1. The summed E-state index contributed by atoms with van der Waals surface area (Å²) in [4.78, 5) is 2.52. The molecule has 0 fully saturated rings. The molecule has 2 nitrogen and oxygen atoms in total. The van der Waals surface area contributed by atoms with Crippen LogP contribution in [-0.4, -0.2) is 10.2 Å². The van der Waals surface area contributed by atoms with Gasteiger partial charge in [0.1, 0.15) is 11.5 Å². The first kappa shape index (κ1) is 37.6. The first-order chi connectivity index (χ1) is 20.4. The average Bonchev–Trinajstić information content (AvgIpc) is 2.92. The summed E-state index contributed by atoms with van der Waals surface area (Å²) in [6.07, 6.45) is 22.8. The second-order valence-electron chi connectivity index (χ2n) is 15.0. The zero-order valence-corrected chi connectivity index (χ0v) is 30.2. The van der Waals surface area contributed by atoms with E-state index in [1.165, 1.54) is 111 Å². The summed E-state index contributed by atoms with van der Waals surface area (Å²) in [5.41, 5.74) is 4.25. The van der Waals surface area contributed by atoms with E-state index < -0.39 is 0 Å². The van der Waals surface area contributed by atoms with Crippen molar-refractivity contribution in [1.29, 1.82) is 0 Å². The normalized spacial score (nSPS) is 12.3. The number of unbranched alkanes of at least 4 members (excludes halogenated alkanes) is 14. The maximum Gasteiger partial charge on any atom is 0.119 e. The summed E-state index contributed by atoms with van der Waals surface area (Å²) >= 11 is 1.85. The number of rotatable bonds is 20. The van der Waals surface area contributed by atoms with Gasteiger partial charge in [0.05, 0.1) is 0 Å². The van der Waals surface area contributed by atoms with E-state index in [2.05, 4.69) is 67.5 Å². The van der Waals surface area contributed by atoms with Gasteiger partial charge in [0.2, 0.25) is 0 Å². The molecule has 0 bridgehead atoms. The first-order valence-corrected chi connectivity index (χ1v) is 18.6. The predicted molar refractivity (Wildman–Crippen MR) is 190 cm³/mol. The van der Waals surface area contributed by atoms with Crippen LogP contribution in [0.25, 0.3) is 0 Å². The van der Waals surface area contributed by atoms with Gasteiger partial charge in [-0.05, 0) is 71.9 Å². The summed E-state index contributed by atoms with van der Waals surface area (Å²) in [7, 11) is 0. The Labute approximate surface area is 270 Å². The molecule has 0 atom stereocenters. The van der Waals surface area contributed by atoms with Gasteiger partial charge in [-0.1, -0.05) is 157 Å². The largest absolute Gasteiger partial charge is 0.508 e. The summed E-state index contributed by atoms with van der Waals surface area (Å²) in [6, 6.07) is 8.61. The fraction of sp³-hybridized carbons (Fsp3) is 0.700. The molecule has 0 aliphatic heterocycles. The SMILES string of the molecule is CCCCCCCCCCc1cc(O)c(C(C)(C)C)cc1Sc1cc(C(C)(C)C)c(O)cc1CCCCCCCCCC. The maximum absolute atomic E-state index is 11.1. The molecule has 0 radical (unpaired) electrons. The Hall–Kier alpha value is -1.61. The molecule has 0 aliphatic rings. The van der Waals surface area contributed by atoms with Crippen LogP contribution in [0.5, 0.6) is 11.5 Å². The molecule has 2 N–H and O–H groups in total. The molecule has 2 rings (SSSR count). The number of phenolic OH excluding ortho intramolecular Hbond substituents is 2. The molecule has 0 unspecified atom stereocenters. The number of aryl methyl sites for hydroxylation is 2. The van der Waals surface area contributed by atoms with E-state index in [0.717, 1.165) is 36.8 Å². The van der Waals surface area contributed by atoms with Crippen molar-refractivity contribution in [2.45, 2.75) is 192 Å². The highest BCUT2D eigenvalue weighted by molar-refractivity contribution is 7.99. The molecule has 0 heterocycles. The first-order valence-electron chi connectivity index (χ1n) is 17.8. The molecule has 0 spiro atoms. The van der Waals surface area contributed by atoms with Crippen LogP contribution < -0.4 is 0 Å². The van der Waals surface area contributed by atoms with Gasteiger partial charge in [-0.25, -0.2) is 0 Å². The number of phenols is 2. The number of hydrogen-bond acceptors (Lipinski definition) is 3. The molecule has 0 saturated heterocycles. The van der Waals surface area contributed by atoms with Gasteiger partial charge in [0, 0.05) is 20.9 Å².